The van der Waals surface area contributed by atoms with Gasteiger partial charge in [-0.1, -0.05) is 78.3 Å². The maximum atomic E-state index is 13.6. The summed E-state index contributed by atoms with van der Waals surface area (Å²) in [5.41, 5.74) is 3.60. The van der Waals surface area contributed by atoms with Crippen LogP contribution in [0.2, 0.25) is 5.02 Å². The average Bonchev–Trinajstić information content (AvgIpc) is 2.88. The number of carbonyl (C=O) groups is 2. The first-order chi connectivity index (χ1) is 17.6. The summed E-state index contributed by atoms with van der Waals surface area (Å²) in [5, 5.41) is 3.73. The zero-order chi connectivity index (χ0) is 26.6. The fraction of sp³-hybridized carbons (Fsp3) is 0.333. The van der Waals surface area contributed by atoms with E-state index in [9.17, 15) is 9.59 Å². The summed E-state index contributed by atoms with van der Waals surface area (Å²) in [4.78, 5) is 28.2. The molecule has 3 aromatic carbocycles. The van der Waals surface area contributed by atoms with Crippen molar-refractivity contribution in [3.05, 3.63) is 92.5 Å². The molecule has 1 aliphatic rings. The van der Waals surface area contributed by atoms with Gasteiger partial charge >= 0.3 is 6.09 Å². The number of ether oxygens (including phenoxy) is 1. The highest BCUT2D eigenvalue weighted by atomic mass is 127. The second-order valence-electron chi connectivity index (χ2n) is 10.4. The van der Waals surface area contributed by atoms with Crippen LogP contribution in [0.3, 0.4) is 0 Å². The molecule has 1 aliphatic heterocycles. The molecule has 1 saturated heterocycles. The molecule has 1 fully saturated rings. The average molecular weight is 631 g/mol. The molecule has 0 spiro atoms. The summed E-state index contributed by atoms with van der Waals surface area (Å²) < 4.78 is 6.56. The van der Waals surface area contributed by atoms with Crippen LogP contribution in [0.1, 0.15) is 44.2 Å². The number of hydrogen-bond donors (Lipinski definition) is 1. The van der Waals surface area contributed by atoms with Gasteiger partial charge in [0, 0.05) is 23.2 Å². The predicted octanol–water partition coefficient (Wildman–Crippen LogP) is 7.27. The molecule has 3 aromatic rings. The van der Waals surface area contributed by atoms with E-state index in [1.807, 2.05) is 63.2 Å². The van der Waals surface area contributed by atoms with Gasteiger partial charge in [-0.05, 0) is 84.0 Å². The molecule has 2 amide bonds. The van der Waals surface area contributed by atoms with E-state index in [4.69, 9.17) is 16.3 Å². The molecule has 0 unspecified atom stereocenters. The van der Waals surface area contributed by atoms with E-state index in [-0.39, 0.29) is 17.9 Å². The van der Waals surface area contributed by atoms with Gasteiger partial charge in [-0.3, -0.25) is 4.79 Å². The first kappa shape index (κ1) is 27.5. The van der Waals surface area contributed by atoms with Gasteiger partial charge in [-0.2, -0.15) is 0 Å². The molecular formula is C30H32ClIN2O3. The van der Waals surface area contributed by atoms with Crippen molar-refractivity contribution in [1.29, 1.82) is 0 Å². The first-order valence-electron chi connectivity index (χ1n) is 12.5. The first-order valence-corrected chi connectivity index (χ1v) is 13.9. The minimum atomic E-state index is -0.600. The maximum Gasteiger partial charge on any atom is 0.410 e. The van der Waals surface area contributed by atoms with E-state index in [1.165, 1.54) is 0 Å². The Bertz CT molecular complexity index is 1260. The molecule has 1 heterocycles. The van der Waals surface area contributed by atoms with E-state index in [2.05, 4.69) is 58.2 Å². The van der Waals surface area contributed by atoms with Crippen LogP contribution in [-0.4, -0.2) is 35.6 Å². The number of amides is 2. The fourth-order valence-corrected chi connectivity index (χ4v) is 5.43. The Hall–Kier alpha value is -2.58. The van der Waals surface area contributed by atoms with Crippen LogP contribution in [0.15, 0.2) is 72.8 Å². The van der Waals surface area contributed by atoms with E-state index in [0.29, 0.717) is 31.1 Å². The molecule has 4 rings (SSSR count). The van der Waals surface area contributed by atoms with Crippen molar-refractivity contribution in [2.24, 2.45) is 5.92 Å². The number of likely N-dealkylation sites (tertiary alicyclic amines) is 1. The predicted molar refractivity (Wildman–Crippen MR) is 157 cm³/mol. The van der Waals surface area contributed by atoms with Crippen molar-refractivity contribution in [2.75, 3.05) is 13.1 Å². The number of hydrogen-bond acceptors (Lipinski definition) is 3. The normalized spacial score (nSPS) is 17.8. The Balaban J connectivity index is 1.59. The topological polar surface area (TPSA) is 58.6 Å². The number of halogens is 2. The smallest absolute Gasteiger partial charge is 0.410 e. The SMILES string of the molecule is CC(C)(C)OC(=O)N1CC[C@H](c2cccc(-c3ccccc3)c2)[C@@H](C(=O)NCc2cccc(I)c2Cl)C1. The zero-order valence-corrected chi connectivity index (χ0v) is 24.3. The van der Waals surface area contributed by atoms with Crippen LogP contribution in [0.5, 0.6) is 0 Å². The van der Waals surface area contributed by atoms with Crippen LogP contribution in [-0.2, 0) is 16.1 Å². The second-order valence-corrected chi connectivity index (χ2v) is 11.9. The van der Waals surface area contributed by atoms with E-state index < -0.39 is 11.5 Å². The largest absolute Gasteiger partial charge is 0.444 e. The fourth-order valence-electron chi connectivity index (χ4n) is 4.69. The van der Waals surface area contributed by atoms with E-state index in [1.54, 1.807) is 4.90 Å². The van der Waals surface area contributed by atoms with Gasteiger partial charge in [0.1, 0.15) is 5.60 Å². The van der Waals surface area contributed by atoms with Crippen LogP contribution < -0.4 is 5.32 Å². The molecule has 0 saturated carbocycles. The Morgan fingerprint density at radius 3 is 2.46 bits per heavy atom. The molecule has 0 bridgehead atoms. The van der Waals surface area contributed by atoms with Crippen molar-refractivity contribution in [1.82, 2.24) is 10.2 Å². The van der Waals surface area contributed by atoms with Crippen molar-refractivity contribution in [2.45, 2.75) is 45.3 Å². The van der Waals surface area contributed by atoms with Gasteiger partial charge in [-0.25, -0.2) is 4.79 Å². The summed E-state index contributed by atoms with van der Waals surface area (Å²) >= 11 is 8.65. The van der Waals surface area contributed by atoms with Gasteiger partial charge in [0.15, 0.2) is 0 Å². The number of nitrogens with zero attached hydrogens (tertiary/aromatic N) is 1. The van der Waals surface area contributed by atoms with Crippen LogP contribution in [0, 0.1) is 9.49 Å². The Morgan fingerprint density at radius 2 is 1.73 bits per heavy atom. The van der Waals surface area contributed by atoms with E-state index in [0.717, 1.165) is 25.8 Å². The Labute approximate surface area is 237 Å². The van der Waals surface area contributed by atoms with Gasteiger partial charge in [0.2, 0.25) is 5.91 Å². The third-order valence-electron chi connectivity index (χ3n) is 6.51. The second kappa shape index (κ2) is 11.9. The summed E-state index contributed by atoms with van der Waals surface area (Å²) in [7, 11) is 0. The number of rotatable bonds is 5. The molecule has 5 nitrogen and oxygen atoms in total. The lowest BCUT2D eigenvalue weighted by Crippen LogP contribution is -2.49. The Morgan fingerprint density at radius 1 is 1.03 bits per heavy atom. The lowest BCUT2D eigenvalue weighted by Gasteiger charge is -2.38. The highest BCUT2D eigenvalue weighted by Gasteiger charge is 2.38. The molecule has 1 N–H and O–H groups in total. The van der Waals surface area contributed by atoms with Crippen molar-refractivity contribution in [3.63, 3.8) is 0 Å². The summed E-state index contributed by atoms with van der Waals surface area (Å²) in [6.45, 7) is 6.70. The zero-order valence-electron chi connectivity index (χ0n) is 21.3. The monoisotopic (exact) mass is 630 g/mol. The highest BCUT2D eigenvalue weighted by Crippen LogP contribution is 2.36. The number of nitrogens with one attached hydrogen (secondary N) is 1. The van der Waals surface area contributed by atoms with Gasteiger partial charge in [-0.15, -0.1) is 0 Å². The van der Waals surface area contributed by atoms with Gasteiger partial charge in [0.25, 0.3) is 0 Å². The number of carbonyl (C=O) groups excluding carboxylic acids is 2. The third kappa shape index (κ3) is 7.05. The standard InChI is InChI=1S/C30H32ClIN2O3/c1-30(2,3)37-29(36)34-16-15-24(22-12-7-11-21(17-22)20-9-5-4-6-10-20)25(19-34)28(35)33-18-23-13-8-14-26(32)27(23)31/h4-14,17,24-25H,15-16,18-19H2,1-3H3,(H,33,35)/t24-,25+/m1/s1. The van der Waals surface area contributed by atoms with Gasteiger partial charge in [0.05, 0.1) is 10.9 Å². The molecule has 194 valence electrons. The lowest BCUT2D eigenvalue weighted by molar-refractivity contribution is -0.127. The van der Waals surface area contributed by atoms with Crippen LogP contribution in [0.25, 0.3) is 11.1 Å². The van der Waals surface area contributed by atoms with Gasteiger partial charge < -0.3 is 15.0 Å². The summed E-state index contributed by atoms with van der Waals surface area (Å²) in [6.07, 6.45) is 0.280. The van der Waals surface area contributed by atoms with E-state index >= 15 is 0 Å². The maximum absolute atomic E-state index is 13.6. The quantitative estimate of drug-likeness (QED) is 0.302. The van der Waals surface area contributed by atoms with Crippen LogP contribution >= 0.6 is 34.2 Å². The lowest BCUT2D eigenvalue weighted by atomic mass is 9.79. The van der Waals surface area contributed by atoms with Crippen molar-refractivity contribution >= 4 is 46.2 Å². The van der Waals surface area contributed by atoms with Crippen molar-refractivity contribution < 1.29 is 14.3 Å². The molecule has 7 heteroatoms. The summed E-state index contributed by atoms with van der Waals surface area (Å²) in [6, 6.07) is 24.4. The summed E-state index contributed by atoms with van der Waals surface area (Å²) in [5.74, 6) is -0.555. The van der Waals surface area contributed by atoms with Crippen molar-refractivity contribution in [3.8, 4) is 11.1 Å². The third-order valence-corrected chi connectivity index (χ3v) is 8.17. The Kier molecular flexibility index (Phi) is 8.80. The molecular weight excluding hydrogens is 599 g/mol. The highest BCUT2D eigenvalue weighted by molar-refractivity contribution is 14.1. The number of benzene rings is 3. The minimum Gasteiger partial charge on any atom is -0.444 e. The molecule has 2 atom stereocenters. The molecule has 0 radical (unpaired) electrons. The number of piperidine rings is 1. The van der Waals surface area contributed by atoms with Crippen LogP contribution in [0.4, 0.5) is 4.79 Å². The molecule has 0 aromatic heterocycles. The molecule has 37 heavy (non-hydrogen) atoms. The minimum absolute atomic E-state index is 0.0336. The molecule has 0 aliphatic carbocycles.